The molecule has 2 atom stereocenters. The molecule has 1 fully saturated rings. The van der Waals surface area contributed by atoms with E-state index in [-0.39, 0.29) is 5.69 Å². The molecule has 3 rings (SSSR count). The molecule has 0 radical (unpaired) electrons. The highest BCUT2D eigenvalue weighted by atomic mass is 16.1. The molecule has 6 heteroatoms. The summed E-state index contributed by atoms with van der Waals surface area (Å²) in [4.78, 5) is 18.7. The van der Waals surface area contributed by atoms with E-state index in [9.17, 15) is 4.79 Å². The Bertz CT molecular complexity index is 649. The fourth-order valence-corrected chi connectivity index (χ4v) is 3.06. The van der Waals surface area contributed by atoms with Gasteiger partial charge in [0.1, 0.15) is 0 Å². The van der Waals surface area contributed by atoms with Crippen LogP contribution in [0.4, 0.5) is 5.95 Å². The molecule has 2 aromatic rings. The van der Waals surface area contributed by atoms with Gasteiger partial charge in [-0.25, -0.2) is 19.3 Å². The zero-order valence-corrected chi connectivity index (χ0v) is 11.6. The summed E-state index contributed by atoms with van der Waals surface area (Å²) in [6.45, 7) is 8.29. The highest BCUT2D eigenvalue weighted by Gasteiger charge is 2.25. The van der Waals surface area contributed by atoms with Crippen LogP contribution in [-0.4, -0.2) is 32.7 Å². The summed E-state index contributed by atoms with van der Waals surface area (Å²) in [7, 11) is 0. The van der Waals surface area contributed by atoms with Gasteiger partial charge in [0.15, 0.2) is 5.65 Å². The van der Waals surface area contributed by atoms with Gasteiger partial charge in [-0.05, 0) is 25.2 Å². The second-order valence-corrected chi connectivity index (χ2v) is 5.77. The topological polar surface area (TPSA) is 66.3 Å². The predicted octanol–water partition coefficient (Wildman–Crippen LogP) is 1.21. The number of fused-ring (bicyclic) bond motifs is 1. The third-order valence-corrected chi connectivity index (χ3v) is 3.66. The van der Waals surface area contributed by atoms with Crippen LogP contribution in [0.5, 0.6) is 0 Å². The number of nitrogens with zero attached hydrogens (tertiary/aromatic N) is 4. The molecule has 1 aliphatic heterocycles. The van der Waals surface area contributed by atoms with E-state index in [1.807, 2.05) is 13.0 Å². The summed E-state index contributed by atoms with van der Waals surface area (Å²) in [6.07, 6.45) is 1.23. The average Bonchev–Trinajstić information content (AvgIpc) is 2.68. The first-order valence-electron chi connectivity index (χ1n) is 6.74. The number of piperidine rings is 1. The maximum atomic E-state index is 11.9. The lowest BCUT2D eigenvalue weighted by molar-refractivity contribution is 0.352. The van der Waals surface area contributed by atoms with Crippen LogP contribution in [0, 0.1) is 18.8 Å². The summed E-state index contributed by atoms with van der Waals surface area (Å²) in [5, 5.41) is 6.53. The Labute approximate surface area is 111 Å². The second-order valence-electron chi connectivity index (χ2n) is 5.77. The molecule has 0 saturated carbocycles. The van der Waals surface area contributed by atoms with Gasteiger partial charge in [-0.3, -0.25) is 0 Å². The maximum absolute atomic E-state index is 11.9. The Morgan fingerprint density at radius 3 is 2.68 bits per heavy atom. The van der Waals surface area contributed by atoms with Crippen LogP contribution in [-0.2, 0) is 0 Å². The monoisotopic (exact) mass is 261 g/mol. The molecule has 19 heavy (non-hydrogen) atoms. The van der Waals surface area contributed by atoms with Gasteiger partial charge in [0.25, 0.3) is 0 Å². The molecule has 0 bridgehead atoms. The number of H-pyrrole nitrogens is 1. The number of nitrogens with one attached hydrogen (secondary N) is 1. The van der Waals surface area contributed by atoms with E-state index in [1.54, 1.807) is 4.40 Å². The van der Waals surface area contributed by atoms with Gasteiger partial charge in [0.05, 0.1) is 0 Å². The Hall–Kier alpha value is -1.85. The quantitative estimate of drug-likeness (QED) is 0.838. The fourth-order valence-electron chi connectivity index (χ4n) is 3.06. The molecule has 1 saturated heterocycles. The molecule has 0 spiro atoms. The first-order valence-corrected chi connectivity index (χ1v) is 6.74. The normalized spacial score (nSPS) is 24.1. The van der Waals surface area contributed by atoms with Crippen molar-refractivity contribution in [2.45, 2.75) is 27.2 Å². The number of rotatable bonds is 1. The maximum Gasteiger partial charge on any atom is 0.350 e. The molecule has 1 aliphatic rings. The van der Waals surface area contributed by atoms with Crippen molar-refractivity contribution < 1.29 is 0 Å². The van der Waals surface area contributed by atoms with E-state index >= 15 is 0 Å². The number of aryl methyl sites for hydroxylation is 1. The molecule has 1 N–H and O–H groups in total. The van der Waals surface area contributed by atoms with E-state index < -0.39 is 0 Å². The molecule has 0 amide bonds. The number of aromatic nitrogens is 4. The molecule has 2 unspecified atom stereocenters. The SMILES string of the molecule is Cc1cc2n[nH]c(=O)n2c(N2CC(C)CC(C)C2)n1. The summed E-state index contributed by atoms with van der Waals surface area (Å²) in [6, 6.07) is 1.82. The van der Waals surface area contributed by atoms with Crippen LogP contribution in [0.3, 0.4) is 0 Å². The number of hydrogen-bond acceptors (Lipinski definition) is 4. The molecule has 3 heterocycles. The molecule has 0 aliphatic carbocycles. The van der Waals surface area contributed by atoms with Gasteiger partial charge in [0, 0.05) is 24.8 Å². The Morgan fingerprint density at radius 1 is 1.32 bits per heavy atom. The third-order valence-electron chi connectivity index (χ3n) is 3.66. The Morgan fingerprint density at radius 2 is 2.00 bits per heavy atom. The average molecular weight is 261 g/mol. The summed E-state index contributed by atoms with van der Waals surface area (Å²) in [5.41, 5.74) is 1.30. The van der Waals surface area contributed by atoms with Crippen LogP contribution >= 0.6 is 0 Å². The minimum absolute atomic E-state index is 0.219. The molecule has 6 nitrogen and oxygen atoms in total. The van der Waals surface area contributed by atoms with Gasteiger partial charge >= 0.3 is 5.69 Å². The van der Waals surface area contributed by atoms with Crippen molar-refractivity contribution in [3.8, 4) is 0 Å². The third kappa shape index (κ3) is 2.11. The van der Waals surface area contributed by atoms with Crippen LogP contribution in [0.2, 0.25) is 0 Å². The van der Waals surface area contributed by atoms with Crippen molar-refractivity contribution in [1.82, 2.24) is 19.6 Å². The van der Waals surface area contributed by atoms with Gasteiger partial charge in [-0.1, -0.05) is 13.8 Å². The second kappa shape index (κ2) is 4.36. The summed E-state index contributed by atoms with van der Waals surface area (Å²) >= 11 is 0. The lowest BCUT2D eigenvalue weighted by atomic mass is 9.92. The molecule has 2 aromatic heterocycles. The van der Waals surface area contributed by atoms with Crippen LogP contribution in [0.1, 0.15) is 26.0 Å². The van der Waals surface area contributed by atoms with Gasteiger partial charge in [0.2, 0.25) is 5.95 Å². The van der Waals surface area contributed by atoms with E-state index in [1.165, 1.54) is 6.42 Å². The molecule has 102 valence electrons. The zero-order chi connectivity index (χ0) is 13.6. The predicted molar refractivity (Wildman–Crippen MR) is 73.5 cm³/mol. The number of anilines is 1. The standard InChI is InChI=1S/C13H19N5O/c1-8-4-9(2)7-17(6-8)12-14-10(3)5-11-15-16-13(19)18(11)12/h5,8-9H,4,6-7H2,1-3H3,(H,16,19). The highest BCUT2D eigenvalue weighted by Crippen LogP contribution is 2.25. The van der Waals surface area contributed by atoms with Crippen molar-refractivity contribution in [3.63, 3.8) is 0 Å². The Balaban J connectivity index is 2.13. The van der Waals surface area contributed by atoms with E-state index in [4.69, 9.17) is 0 Å². The molecular formula is C13H19N5O. The minimum Gasteiger partial charge on any atom is -0.341 e. The zero-order valence-electron chi connectivity index (χ0n) is 11.6. The molecular weight excluding hydrogens is 242 g/mol. The van der Waals surface area contributed by atoms with E-state index in [0.717, 1.165) is 18.8 Å². The molecule has 0 aromatic carbocycles. The lowest BCUT2D eigenvalue weighted by Crippen LogP contribution is -2.41. The van der Waals surface area contributed by atoms with Crippen molar-refractivity contribution in [1.29, 1.82) is 0 Å². The van der Waals surface area contributed by atoms with Crippen LogP contribution < -0.4 is 10.6 Å². The first kappa shape index (κ1) is 12.2. The van der Waals surface area contributed by atoms with Crippen molar-refractivity contribution >= 4 is 11.6 Å². The largest absolute Gasteiger partial charge is 0.350 e. The van der Waals surface area contributed by atoms with E-state index in [2.05, 4.69) is 33.9 Å². The minimum atomic E-state index is -0.219. The first-order chi connectivity index (χ1) is 9.04. The highest BCUT2D eigenvalue weighted by molar-refractivity contribution is 5.47. The Kier molecular flexibility index (Phi) is 2.80. The van der Waals surface area contributed by atoms with Crippen molar-refractivity contribution in [2.75, 3.05) is 18.0 Å². The van der Waals surface area contributed by atoms with Gasteiger partial charge in [-0.2, -0.15) is 5.10 Å². The van der Waals surface area contributed by atoms with E-state index in [0.29, 0.717) is 23.4 Å². The summed E-state index contributed by atoms with van der Waals surface area (Å²) in [5.74, 6) is 1.94. The van der Waals surface area contributed by atoms with Crippen molar-refractivity contribution in [2.24, 2.45) is 11.8 Å². The smallest absolute Gasteiger partial charge is 0.341 e. The number of hydrogen-bond donors (Lipinski definition) is 1. The summed E-state index contributed by atoms with van der Waals surface area (Å²) < 4.78 is 1.57. The van der Waals surface area contributed by atoms with Gasteiger partial charge < -0.3 is 4.90 Å². The fraction of sp³-hybridized carbons (Fsp3) is 0.615. The van der Waals surface area contributed by atoms with Crippen molar-refractivity contribution in [3.05, 3.63) is 22.2 Å². The van der Waals surface area contributed by atoms with Crippen LogP contribution in [0.15, 0.2) is 10.9 Å². The van der Waals surface area contributed by atoms with Gasteiger partial charge in [-0.15, -0.1) is 0 Å². The van der Waals surface area contributed by atoms with Crippen LogP contribution in [0.25, 0.3) is 5.65 Å². The lowest BCUT2D eigenvalue weighted by Gasteiger charge is -2.35. The number of aromatic amines is 1.